The molecule has 9 atom stereocenters. The first-order chi connectivity index (χ1) is 32.2. The molecule has 67 heavy (non-hydrogen) atoms. The van der Waals surface area contributed by atoms with Crippen LogP contribution in [0.3, 0.4) is 0 Å². The number of hydrogen-bond donors (Lipinski definition) is 0. The molecule has 0 spiro atoms. The van der Waals surface area contributed by atoms with E-state index in [-0.39, 0.29) is 35.5 Å². The molecule has 4 aliphatic rings. The van der Waals surface area contributed by atoms with Gasteiger partial charge in [0.15, 0.2) is 0 Å². The van der Waals surface area contributed by atoms with Crippen LogP contribution in [-0.2, 0) is 34.7 Å². The number of ether oxygens (including phenoxy) is 2. The summed E-state index contributed by atoms with van der Waals surface area (Å²) in [5.41, 5.74) is 2.37. The van der Waals surface area contributed by atoms with Gasteiger partial charge in [-0.05, 0) is 157 Å². The van der Waals surface area contributed by atoms with Crippen LogP contribution in [-0.4, -0.2) is 85.1 Å². The predicted octanol–water partition coefficient (Wildman–Crippen LogP) is 14.8. The summed E-state index contributed by atoms with van der Waals surface area (Å²) in [6, 6.07) is 0. The lowest BCUT2D eigenvalue weighted by molar-refractivity contribution is -0.152. The molecule has 1 amide bonds. The molecule has 0 aliphatic heterocycles. The summed E-state index contributed by atoms with van der Waals surface area (Å²) in [5.74, 6) is 6.67. The monoisotopic (exact) mass is 974 g/mol. The van der Waals surface area contributed by atoms with E-state index in [1.54, 1.807) is 16.4 Å². The van der Waals surface area contributed by atoms with E-state index in [1.165, 1.54) is 96.3 Å². The Morgan fingerprint density at radius 1 is 0.731 bits per heavy atom. The van der Waals surface area contributed by atoms with E-state index in [0.717, 1.165) is 148 Å². The lowest BCUT2D eigenvalue weighted by Crippen LogP contribution is -2.51. The largest absolute Gasteiger partial charge is 0.462 e. The third-order valence-corrected chi connectivity index (χ3v) is 20.1. The summed E-state index contributed by atoms with van der Waals surface area (Å²) in [7, 11) is 7.05. The molecule has 0 aromatic carbocycles. The number of esters is 2. The molecule has 388 valence electrons. The molecular formula is C58H105N2O5S2+. The predicted molar refractivity (Wildman–Crippen MR) is 288 cm³/mol. The van der Waals surface area contributed by atoms with Gasteiger partial charge in [0.25, 0.3) is 0 Å². The highest BCUT2D eigenvalue weighted by Gasteiger charge is 2.59. The molecule has 3 fully saturated rings. The van der Waals surface area contributed by atoms with Gasteiger partial charge in [-0.2, -0.15) is 0 Å². The minimum absolute atomic E-state index is 0.0167. The molecule has 4 aliphatic carbocycles. The van der Waals surface area contributed by atoms with Gasteiger partial charge in [0.1, 0.15) is 18.0 Å². The molecule has 9 unspecified atom stereocenters. The molecule has 9 heteroatoms. The first-order valence-corrected chi connectivity index (χ1v) is 31.2. The highest BCUT2D eigenvalue weighted by Crippen LogP contribution is 2.67. The van der Waals surface area contributed by atoms with Crippen molar-refractivity contribution >= 4 is 39.4 Å². The van der Waals surface area contributed by atoms with E-state index in [2.05, 4.69) is 73.5 Å². The Labute approximate surface area is 421 Å². The van der Waals surface area contributed by atoms with Crippen LogP contribution in [0.25, 0.3) is 0 Å². The van der Waals surface area contributed by atoms with Crippen LogP contribution in [0, 0.1) is 46.3 Å². The van der Waals surface area contributed by atoms with Crippen LogP contribution in [0.1, 0.15) is 235 Å². The fourth-order valence-corrected chi connectivity index (χ4v) is 15.6. The number of carbonyl (C=O) groups excluding carboxylic acids is 3. The Balaban J connectivity index is 1.12. The van der Waals surface area contributed by atoms with Crippen molar-refractivity contribution in [2.24, 2.45) is 46.3 Å². The highest BCUT2D eigenvalue weighted by molar-refractivity contribution is 8.66. The lowest BCUT2D eigenvalue weighted by Gasteiger charge is -2.58. The van der Waals surface area contributed by atoms with Crippen molar-refractivity contribution in [1.29, 1.82) is 0 Å². The molecule has 0 aromatic heterocycles. The Bertz CT molecular complexity index is 1460. The number of unbranched alkanes of at least 4 members (excludes halogenated alkanes) is 9. The third kappa shape index (κ3) is 19.4. The standard InChI is InChI=1S/C58H104N2O5S2/c1-10-12-14-15-16-19-27-48(26-18-13-11-2)64-56(63)36-43-67-66-42-35-54(61)60(41-23-39-59(8)9)40-21-17-20-28-55(62)65-49-33-37-57(6)47(44-49)29-30-50-52-32-31-51(46(5)25-22-24-45(3)4)58(52,7)38-34-53(50)57/h29,45-46,48-53H,10-28,30-44H2,1-9H3/p+1. The van der Waals surface area contributed by atoms with Crippen LogP contribution < -0.4 is 0 Å². The summed E-state index contributed by atoms with van der Waals surface area (Å²) in [5, 5.41) is 0. The molecule has 0 aromatic rings. The van der Waals surface area contributed by atoms with Crippen molar-refractivity contribution in [2.75, 3.05) is 45.2 Å². The van der Waals surface area contributed by atoms with E-state index >= 15 is 0 Å². The van der Waals surface area contributed by atoms with Crippen molar-refractivity contribution in [2.45, 2.75) is 247 Å². The number of allylic oxidation sites excluding steroid dienone is 1. The fraction of sp³-hybridized carbons (Fsp3) is 0.914. The van der Waals surface area contributed by atoms with Gasteiger partial charge in [-0.3, -0.25) is 14.4 Å². The van der Waals surface area contributed by atoms with Gasteiger partial charge in [0.2, 0.25) is 5.91 Å². The van der Waals surface area contributed by atoms with Gasteiger partial charge in [-0.25, -0.2) is 0 Å². The smallest absolute Gasteiger partial charge is 0.310 e. The Morgan fingerprint density at radius 3 is 2.18 bits per heavy atom. The minimum atomic E-state index is -0.0606. The first kappa shape index (κ1) is 58.4. The summed E-state index contributed by atoms with van der Waals surface area (Å²) in [4.78, 5) is 43.6. The average molecular weight is 975 g/mol. The van der Waals surface area contributed by atoms with Gasteiger partial charge < -0.3 is 19.3 Å². The third-order valence-electron chi connectivity index (χ3n) is 17.5. The maximum Gasteiger partial charge on any atom is 0.310 e. The first-order valence-electron chi connectivity index (χ1n) is 28.5. The number of amides is 1. The second kappa shape index (κ2) is 31.3. The molecule has 0 saturated heterocycles. The highest BCUT2D eigenvalue weighted by atomic mass is 33.1. The lowest BCUT2D eigenvalue weighted by atomic mass is 9.47. The summed E-state index contributed by atoms with van der Waals surface area (Å²) >= 11 is 0. The van der Waals surface area contributed by atoms with Crippen LogP contribution in [0.2, 0.25) is 0 Å². The minimum Gasteiger partial charge on any atom is -0.462 e. The molecule has 3 saturated carbocycles. The Morgan fingerprint density at radius 2 is 1.43 bits per heavy atom. The van der Waals surface area contributed by atoms with E-state index in [0.29, 0.717) is 24.7 Å². The Hall–Kier alpha value is -1.19. The number of fused-ring (bicyclic) bond motifs is 5. The van der Waals surface area contributed by atoms with Crippen LogP contribution in [0.5, 0.6) is 0 Å². The van der Waals surface area contributed by atoms with Crippen molar-refractivity contribution in [3.8, 4) is 0 Å². The van der Waals surface area contributed by atoms with Gasteiger partial charge in [0, 0.05) is 43.1 Å². The maximum atomic E-state index is 13.4. The SMILES string of the molecule is CCCCCCCCC(CCCCC)OC(=O)CC[SH+]SCCC(=O)N(CCCCCC(=O)OC1CCC2(C)C(=CCC3C2CCC2(C)C(C(C)CCCC(C)C)CCC32)C1)CCCN(C)C. The maximum absolute atomic E-state index is 13.4. The number of nitrogens with zero attached hydrogens (tertiary/aromatic N) is 2. The van der Waals surface area contributed by atoms with E-state index in [4.69, 9.17) is 9.47 Å². The number of rotatable bonds is 35. The number of carbonyl (C=O) groups is 3. The average Bonchev–Trinajstić information content (AvgIpc) is 3.65. The second-order valence-electron chi connectivity index (χ2n) is 23.3. The quantitative estimate of drug-likeness (QED) is 0.0156. The fourth-order valence-electron chi connectivity index (χ4n) is 13.5. The summed E-state index contributed by atoms with van der Waals surface area (Å²) < 4.78 is 12.2. The second-order valence-corrected chi connectivity index (χ2v) is 26.3. The van der Waals surface area contributed by atoms with Gasteiger partial charge in [0.05, 0.1) is 23.0 Å². The number of thiol groups is 1. The Kier molecular flexibility index (Phi) is 27.3. The van der Waals surface area contributed by atoms with Crippen molar-refractivity contribution in [3.05, 3.63) is 11.6 Å². The molecule has 0 bridgehead atoms. The molecule has 0 N–H and O–H groups in total. The molecule has 0 radical (unpaired) electrons. The van der Waals surface area contributed by atoms with E-state index in [9.17, 15) is 14.4 Å². The topological polar surface area (TPSA) is 76.2 Å². The molecule has 7 nitrogen and oxygen atoms in total. The molecule has 4 rings (SSSR count). The number of hydrogen-bond acceptors (Lipinski definition) is 7. The van der Waals surface area contributed by atoms with E-state index < -0.39 is 0 Å². The molecular weight excluding hydrogens is 869 g/mol. The summed E-state index contributed by atoms with van der Waals surface area (Å²) in [6.45, 7) is 19.5. The zero-order valence-electron chi connectivity index (χ0n) is 45.0. The van der Waals surface area contributed by atoms with Gasteiger partial charge >= 0.3 is 11.9 Å². The zero-order chi connectivity index (χ0) is 48.7. The van der Waals surface area contributed by atoms with Crippen molar-refractivity contribution in [3.63, 3.8) is 0 Å². The van der Waals surface area contributed by atoms with Gasteiger partial charge in [-0.15, -0.1) is 0 Å². The van der Waals surface area contributed by atoms with Crippen LogP contribution in [0.4, 0.5) is 0 Å². The van der Waals surface area contributed by atoms with Crippen molar-refractivity contribution in [1.82, 2.24) is 9.80 Å². The zero-order valence-corrected chi connectivity index (χ0v) is 46.7. The molecule has 0 heterocycles. The van der Waals surface area contributed by atoms with Gasteiger partial charge in [-0.1, -0.05) is 131 Å². The summed E-state index contributed by atoms with van der Waals surface area (Å²) in [6.07, 6.45) is 34.9. The van der Waals surface area contributed by atoms with Crippen molar-refractivity contribution < 1.29 is 23.9 Å². The van der Waals surface area contributed by atoms with Crippen LogP contribution in [0.15, 0.2) is 11.6 Å². The normalized spacial score (nSPS) is 26.7. The van der Waals surface area contributed by atoms with E-state index in [1.807, 2.05) is 4.90 Å². The van der Waals surface area contributed by atoms with Crippen LogP contribution >= 0.6 is 10.8 Å².